The number of carbonyl (C=O) groups is 3. The zero-order valence-corrected chi connectivity index (χ0v) is 15.5. The second kappa shape index (κ2) is 8.14. The van der Waals surface area contributed by atoms with Gasteiger partial charge in [0.05, 0.1) is 18.2 Å². The molecule has 0 aromatic heterocycles. The average Bonchev–Trinajstić information content (AvgIpc) is 2.98. The molecule has 2 aromatic carbocycles. The van der Waals surface area contributed by atoms with Crippen molar-refractivity contribution in [2.75, 3.05) is 23.3 Å². The van der Waals surface area contributed by atoms with Crippen LogP contribution in [0.3, 0.4) is 0 Å². The molecule has 6 nitrogen and oxygen atoms in total. The molecule has 1 unspecified atom stereocenters. The van der Waals surface area contributed by atoms with Crippen LogP contribution in [0, 0.1) is 0 Å². The van der Waals surface area contributed by atoms with E-state index in [4.69, 9.17) is 0 Å². The number of imide groups is 1. The van der Waals surface area contributed by atoms with E-state index in [-0.39, 0.29) is 24.1 Å². The van der Waals surface area contributed by atoms with Gasteiger partial charge in [-0.25, -0.2) is 4.90 Å². The summed E-state index contributed by atoms with van der Waals surface area (Å²) in [6, 6.07) is 15.3. The second-order valence-corrected chi connectivity index (χ2v) is 6.38. The van der Waals surface area contributed by atoms with E-state index in [2.05, 4.69) is 5.32 Å². The summed E-state index contributed by atoms with van der Waals surface area (Å²) in [7, 11) is 0. The maximum absolute atomic E-state index is 12.8. The van der Waals surface area contributed by atoms with Crippen molar-refractivity contribution < 1.29 is 14.4 Å². The first kappa shape index (κ1) is 18.8. The van der Waals surface area contributed by atoms with Gasteiger partial charge in [0.15, 0.2) is 0 Å². The van der Waals surface area contributed by atoms with E-state index in [9.17, 15) is 14.4 Å². The Bertz CT molecular complexity index is 847. The summed E-state index contributed by atoms with van der Waals surface area (Å²) in [6.07, 6.45) is 0.182. The molecule has 1 saturated heterocycles. The van der Waals surface area contributed by atoms with Crippen molar-refractivity contribution in [1.29, 1.82) is 0 Å². The van der Waals surface area contributed by atoms with Crippen LogP contribution < -0.4 is 10.2 Å². The fraction of sp³-hybridized carbons (Fsp3) is 0.286. The number of anilines is 2. The lowest BCUT2D eigenvalue weighted by Gasteiger charge is -2.24. The number of nitrogens with zero attached hydrogens (tertiary/aromatic N) is 2. The molecule has 3 rings (SSSR count). The Morgan fingerprint density at radius 3 is 2.44 bits per heavy atom. The minimum atomic E-state index is -0.421. The number of amides is 3. The fourth-order valence-electron chi connectivity index (χ4n) is 3.35. The van der Waals surface area contributed by atoms with Gasteiger partial charge in [0.25, 0.3) is 11.8 Å². The molecule has 0 radical (unpaired) electrons. The minimum absolute atomic E-state index is 0.182. The quantitative estimate of drug-likeness (QED) is 0.799. The summed E-state index contributed by atoms with van der Waals surface area (Å²) in [6.45, 7) is 5.37. The molecule has 1 fully saturated rings. The van der Waals surface area contributed by atoms with Gasteiger partial charge in [-0.1, -0.05) is 38.1 Å². The maximum atomic E-state index is 12.8. The van der Waals surface area contributed by atoms with Crippen LogP contribution >= 0.6 is 0 Å². The number of likely N-dealkylation sites (N-methyl/N-ethyl adjacent to an activating group) is 1. The predicted octanol–water partition coefficient (Wildman–Crippen LogP) is 2.91. The Kier molecular flexibility index (Phi) is 5.66. The number of benzene rings is 2. The van der Waals surface area contributed by atoms with Crippen molar-refractivity contribution in [3.63, 3.8) is 0 Å². The summed E-state index contributed by atoms with van der Waals surface area (Å²) < 4.78 is 0. The lowest BCUT2D eigenvalue weighted by Crippen LogP contribution is -2.42. The van der Waals surface area contributed by atoms with Crippen molar-refractivity contribution in [2.45, 2.75) is 26.3 Å². The molecule has 3 amide bonds. The normalized spacial score (nSPS) is 16.9. The molecule has 2 aromatic rings. The molecule has 1 atom stereocenters. The van der Waals surface area contributed by atoms with E-state index < -0.39 is 6.04 Å². The largest absolute Gasteiger partial charge is 0.322 e. The van der Waals surface area contributed by atoms with E-state index in [0.29, 0.717) is 30.0 Å². The molecule has 6 heteroatoms. The van der Waals surface area contributed by atoms with Gasteiger partial charge in [0.2, 0.25) is 5.91 Å². The summed E-state index contributed by atoms with van der Waals surface area (Å²) >= 11 is 0. The van der Waals surface area contributed by atoms with Crippen LogP contribution in [-0.4, -0.2) is 41.8 Å². The lowest BCUT2D eigenvalue weighted by atomic mass is 10.2. The smallest absolute Gasteiger partial charge is 0.255 e. The van der Waals surface area contributed by atoms with Crippen LogP contribution in [0.5, 0.6) is 0 Å². The Hall–Kier alpha value is -2.99. The van der Waals surface area contributed by atoms with Gasteiger partial charge in [-0.3, -0.25) is 19.3 Å². The molecular formula is C21H23N3O3. The van der Waals surface area contributed by atoms with Gasteiger partial charge in [0.1, 0.15) is 0 Å². The van der Waals surface area contributed by atoms with Crippen LogP contribution in [0.1, 0.15) is 30.6 Å². The Labute approximate surface area is 158 Å². The monoisotopic (exact) mass is 365 g/mol. The fourth-order valence-corrected chi connectivity index (χ4v) is 3.35. The Morgan fingerprint density at radius 2 is 1.78 bits per heavy atom. The second-order valence-electron chi connectivity index (χ2n) is 6.38. The van der Waals surface area contributed by atoms with Crippen molar-refractivity contribution in [1.82, 2.24) is 4.90 Å². The van der Waals surface area contributed by atoms with Crippen molar-refractivity contribution >= 4 is 29.1 Å². The number of hydrogen-bond donors (Lipinski definition) is 1. The van der Waals surface area contributed by atoms with Crippen LogP contribution in [0.4, 0.5) is 11.4 Å². The van der Waals surface area contributed by atoms with Crippen molar-refractivity contribution in [3.8, 4) is 0 Å². The van der Waals surface area contributed by atoms with Crippen molar-refractivity contribution in [2.24, 2.45) is 0 Å². The molecule has 1 aliphatic rings. The van der Waals surface area contributed by atoms with Crippen LogP contribution in [0.25, 0.3) is 0 Å². The van der Waals surface area contributed by atoms with Gasteiger partial charge in [-0.05, 0) is 43.4 Å². The summed E-state index contributed by atoms with van der Waals surface area (Å²) in [4.78, 5) is 40.8. The highest BCUT2D eigenvalue weighted by molar-refractivity contribution is 6.22. The third kappa shape index (κ3) is 3.90. The van der Waals surface area contributed by atoms with Crippen molar-refractivity contribution in [3.05, 3.63) is 60.2 Å². The highest BCUT2D eigenvalue weighted by Gasteiger charge is 2.41. The lowest BCUT2D eigenvalue weighted by molar-refractivity contribution is -0.122. The number of rotatable bonds is 6. The zero-order valence-electron chi connectivity index (χ0n) is 15.5. The van der Waals surface area contributed by atoms with E-state index in [1.165, 1.54) is 4.90 Å². The van der Waals surface area contributed by atoms with E-state index in [1.807, 2.05) is 24.8 Å². The maximum Gasteiger partial charge on any atom is 0.255 e. The number of carbonyl (C=O) groups excluding carboxylic acids is 3. The van der Waals surface area contributed by atoms with E-state index in [1.54, 1.807) is 48.5 Å². The topological polar surface area (TPSA) is 69.7 Å². The van der Waals surface area contributed by atoms with Gasteiger partial charge in [0, 0.05) is 11.3 Å². The van der Waals surface area contributed by atoms with Crippen LogP contribution in [0.15, 0.2) is 54.6 Å². The van der Waals surface area contributed by atoms with Gasteiger partial charge in [-0.2, -0.15) is 0 Å². The Morgan fingerprint density at radius 1 is 1.07 bits per heavy atom. The SMILES string of the molecule is CCN(CC)C1CC(=O)N(c2cccc(NC(=O)c3ccccc3)c2)C1=O. The van der Waals surface area contributed by atoms with Crippen LogP contribution in [0.2, 0.25) is 0 Å². The molecule has 1 N–H and O–H groups in total. The molecule has 0 spiro atoms. The zero-order chi connectivity index (χ0) is 19.4. The van der Waals surface area contributed by atoms with E-state index in [0.717, 1.165) is 0 Å². The summed E-state index contributed by atoms with van der Waals surface area (Å²) in [5, 5.41) is 2.81. The van der Waals surface area contributed by atoms with Gasteiger partial charge < -0.3 is 5.32 Å². The highest BCUT2D eigenvalue weighted by Crippen LogP contribution is 2.27. The third-order valence-corrected chi connectivity index (χ3v) is 4.77. The highest BCUT2D eigenvalue weighted by atomic mass is 16.2. The first-order chi connectivity index (χ1) is 13.0. The first-order valence-electron chi connectivity index (χ1n) is 9.12. The standard InChI is InChI=1S/C21H23N3O3/c1-3-23(4-2)18-14-19(25)24(21(18)27)17-12-8-11-16(13-17)22-20(26)15-9-6-5-7-10-15/h5-13,18H,3-4,14H2,1-2H3,(H,22,26). The van der Waals surface area contributed by atoms with E-state index >= 15 is 0 Å². The molecule has 0 saturated carbocycles. The predicted molar refractivity (Wildman–Crippen MR) is 105 cm³/mol. The number of nitrogens with one attached hydrogen (secondary N) is 1. The molecule has 0 bridgehead atoms. The Balaban J connectivity index is 1.80. The summed E-state index contributed by atoms with van der Waals surface area (Å²) in [5.41, 5.74) is 1.55. The average molecular weight is 365 g/mol. The molecule has 140 valence electrons. The molecule has 1 heterocycles. The van der Waals surface area contributed by atoms with Gasteiger partial charge in [-0.15, -0.1) is 0 Å². The molecule has 0 aliphatic carbocycles. The first-order valence-corrected chi connectivity index (χ1v) is 9.12. The third-order valence-electron chi connectivity index (χ3n) is 4.77. The number of hydrogen-bond acceptors (Lipinski definition) is 4. The van der Waals surface area contributed by atoms with Gasteiger partial charge >= 0.3 is 0 Å². The van der Waals surface area contributed by atoms with Crippen LogP contribution in [-0.2, 0) is 9.59 Å². The molecule has 1 aliphatic heterocycles. The summed E-state index contributed by atoms with van der Waals surface area (Å²) in [5.74, 6) is -0.675. The minimum Gasteiger partial charge on any atom is -0.322 e. The molecule has 27 heavy (non-hydrogen) atoms. The molecular weight excluding hydrogens is 342 g/mol.